The molecule has 1 aliphatic rings. The highest BCUT2D eigenvalue weighted by Crippen LogP contribution is 2.23. The van der Waals surface area contributed by atoms with Crippen molar-refractivity contribution in [2.75, 3.05) is 49.3 Å². The lowest BCUT2D eigenvalue weighted by atomic mass is 9.91. The lowest BCUT2D eigenvalue weighted by Gasteiger charge is -2.40. The van der Waals surface area contributed by atoms with Gasteiger partial charge in [0.25, 0.3) is 17.7 Å². The molecule has 0 bridgehead atoms. The molecule has 0 saturated carbocycles. The van der Waals surface area contributed by atoms with Crippen LogP contribution in [0.15, 0.2) is 12.2 Å². The van der Waals surface area contributed by atoms with Gasteiger partial charge in [-0.05, 0) is 52.4 Å². The zero-order valence-corrected chi connectivity index (χ0v) is 41.3. The number of imide groups is 5. The minimum Gasteiger partial charge on any atom is -0.479 e. The number of hydrogen-bond acceptors (Lipinski definition) is 14. The zero-order valence-electron chi connectivity index (χ0n) is 41.3. The van der Waals surface area contributed by atoms with E-state index in [1.165, 1.54) is 34.9 Å². The fourth-order valence-electron chi connectivity index (χ4n) is 7.12. The number of aliphatic hydroxyl groups excluding tert-OH is 1. The molecule has 26 nitrogen and oxygen atoms in total. The summed E-state index contributed by atoms with van der Waals surface area (Å²) in [5.41, 5.74) is -1.78. The molecule has 0 aliphatic carbocycles. The number of carboxylic acid groups (broad SMARTS) is 1. The maximum atomic E-state index is 14.5. The van der Waals surface area contributed by atoms with Gasteiger partial charge in [-0.25, -0.2) is 38.6 Å². The molecule has 0 radical (unpaired) electrons. The Morgan fingerprint density at radius 3 is 1.72 bits per heavy atom. The lowest BCUT2D eigenvalue weighted by molar-refractivity contribution is -0.160. The van der Waals surface area contributed by atoms with Crippen molar-refractivity contribution in [2.45, 2.75) is 123 Å². The molecule has 1 fully saturated rings. The molecule has 26 heteroatoms. The van der Waals surface area contributed by atoms with E-state index in [1.807, 2.05) is 5.32 Å². The Kier molecular flexibility index (Phi) is 21.7. The molecule has 1 unspecified atom stereocenters. The third-order valence-electron chi connectivity index (χ3n) is 11.3. The predicted molar refractivity (Wildman–Crippen MR) is 241 cm³/mol. The fraction of sp³-hybridized carbons (Fsp3) is 0.667. The van der Waals surface area contributed by atoms with Crippen LogP contribution in [-0.4, -0.2) is 218 Å². The maximum absolute atomic E-state index is 14.5. The van der Waals surface area contributed by atoms with Crippen LogP contribution in [0.2, 0.25) is 0 Å². The summed E-state index contributed by atoms with van der Waals surface area (Å²) >= 11 is 0. The Bertz CT molecular complexity index is 1990. The van der Waals surface area contributed by atoms with Gasteiger partial charge in [-0.3, -0.25) is 44.3 Å². The first kappa shape index (κ1) is 59.3. The molecule has 8 atom stereocenters. The second-order valence-corrected chi connectivity index (χ2v) is 17.6. The number of allylic oxidation sites excluding steroid dienone is 2. The molecule has 382 valence electrons. The van der Waals surface area contributed by atoms with Crippen molar-refractivity contribution in [3.05, 3.63) is 12.2 Å². The first-order valence-electron chi connectivity index (χ1n) is 21.6. The smallest absolute Gasteiger partial charge is 0.336 e. The van der Waals surface area contributed by atoms with Gasteiger partial charge in [-0.2, -0.15) is 0 Å². The van der Waals surface area contributed by atoms with E-state index < -0.39 is 138 Å². The van der Waals surface area contributed by atoms with E-state index in [0.29, 0.717) is 19.6 Å². The van der Waals surface area contributed by atoms with Crippen LogP contribution in [-0.2, 0) is 33.6 Å². The quantitative estimate of drug-likeness (QED) is 0.109. The van der Waals surface area contributed by atoms with Crippen LogP contribution in [0.1, 0.15) is 74.7 Å². The Balaban J connectivity index is 4.11. The summed E-state index contributed by atoms with van der Waals surface area (Å²) in [7, 11) is 7.02. The number of carboxylic acids is 1. The van der Waals surface area contributed by atoms with Crippen molar-refractivity contribution < 1.29 is 72.9 Å². The molecule has 1 aliphatic heterocycles. The number of aliphatic carboxylic acids is 1. The van der Waals surface area contributed by atoms with Crippen LogP contribution in [0.25, 0.3) is 0 Å². The van der Waals surface area contributed by atoms with Gasteiger partial charge in [0, 0.05) is 55.8 Å². The summed E-state index contributed by atoms with van der Waals surface area (Å²) in [4.78, 5) is 167. The molecular weight excluding hydrogens is 899 g/mol. The topological polar surface area (TPSA) is 336 Å². The van der Waals surface area contributed by atoms with E-state index in [1.54, 1.807) is 45.2 Å². The molecule has 0 spiro atoms. The fourth-order valence-corrected chi connectivity index (χ4v) is 7.12. The number of amides is 16. The first-order valence-corrected chi connectivity index (χ1v) is 21.6. The SMILES string of the molecule is C/C=C/C[C@@H](C)[C@@H](O)[C@H]1C(=O)N[C@@H](CC)C(=O)N(C)C(C(=O)O)C(=O)N(C)[C@@H](CC(C)(C)O)C(=O)NC(=O)N(C)C(=O)NC(=O)N[C@H](C)C(=O)N(C)C(=O)N(C)C(=O)N(C)[C@@H](C(C)C)C(=O)N1C. The van der Waals surface area contributed by atoms with Gasteiger partial charge in [-0.1, -0.05) is 39.8 Å². The average molecular weight is 968 g/mol. The molecule has 1 saturated heterocycles. The van der Waals surface area contributed by atoms with E-state index in [4.69, 9.17) is 0 Å². The van der Waals surface area contributed by atoms with Crippen molar-refractivity contribution in [1.29, 1.82) is 0 Å². The summed E-state index contributed by atoms with van der Waals surface area (Å²) < 4.78 is 0. The first-order chi connectivity index (χ1) is 31.2. The van der Waals surface area contributed by atoms with E-state index in [2.05, 4.69) is 10.6 Å². The van der Waals surface area contributed by atoms with E-state index in [9.17, 15) is 72.9 Å². The Hall–Kier alpha value is -6.70. The molecule has 16 amide bonds. The minimum absolute atomic E-state index is 0.206. The molecule has 7 N–H and O–H groups in total. The van der Waals surface area contributed by atoms with Gasteiger partial charge in [-0.15, -0.1) is 0 Å². The summed E-state index contributed by atoms with van der Waals surface area (Å²) in [6.07, 6.45) is 1.06. The lowest BCUT2D eigenvalue weighted by Crippen LogP contribution is -2.64. The summed E-state index contributed by atoms with van der Waals surface area (Å²) in [6, 6.07) is -17.4. The number of urea groups is 5. The highest BCUT2D eigenvalue weighted by molar-refractivity contribution is 6.09. The van der Waals surface area contributed by atoms with Crippen molar-refractivity contribution in [1.82, 2.24) is 55.6 Å². The third-order valence-corrected chi connectivity index (χ3v) is 11.3. The van der Waals surface area contributed by atoms with Crippen molar-refractivity contribution in [3.63, 3.8) is 0 Å². The Morgan fingerprint density at radius 2 is 1.24 bits per heavy atom. The number of rotatable bonds is 9. The number of aliphatic hydroxyl groups is 2. The van der Waals surface area contributed by atoms with Crippen LogP contribution in [0, 0.1) is 11.8 Å². The van der Waals surface area contributed by atoms with E-state index in [-0.39, 0.29) is 17.7 Å². The number of nitrogens with one attached hydrogen (secondary N) is 4. The van der Waals surface area contributed by atoms with Gasteiger partial charge in [0.15, 0.2) is 0 Å². The summed E-state index contributed by atoms with van der Waals surface area (Å²) in [5, 5.41) is 40.9. The molecule has 0 aromatic heterocycles. The Labute approximate surface area is 395 Å². The van der Waals surface area contributed by atoms with Gasteiger partial charge in [0.2, 0.25) is 23.8 Å². The number of hydrogen-bond donors (Lipinski definition) is 7. The molecular formula is C42H69N11O15. The second kappa shape index (κ2) is 24.9. The monoisotopic (exact) mass is 967 g/mol. The van der Waals surface area contributed by atoms with E-state index in [0.717, 1.165) is 52.0 Å². The highest BCUT2D eigenvalue weighted by Gasteiger charge is 2.46. The van der Waals surface area contributed by atoms with Crippen LogP contribution < -0.4 is 21.3 Å². The number of carbonyl (C=O) groups is 12. The molecule has 1 heterocycles. The standard InChI is InChI=1S/C42H69N11O15/c1-16-18-19-22(5)29(54)27-31(56)44-24(17-2)33(58)49(11)28(36(61)62)35(60)47(9)25(20-42(7,8)68)30(55)45-38(64)52(14)39(65)46-37(63)43-23(6)32(57)51(13)41(67)53(15)40(66)50(12)26(21(3)4)34(59)48(27)10/h16,18,21-29,54,68H,17,19-20H2,1-15H3,(H,44,56)(H,61,62)(H,45,55,64)(H2,43,46,63,65)/b18-16+/t22-,23-,24+,25+,26+,27+,28?,29-/m1/s1. The molecule has 1 rings (SSSR count). The van der Waals surface area contributed by atoms with Crippen LogP contribution in [0.5, 0.6) is 0 Å². The number of nitrogens with zero attached hydrogens (tertiary/aromatic N) is 7. The van der Waals surface area contributed by atoms with Crippen molar-refractivity contribution in [3.8, 4) is 0 Å². The Morgan fingerprint density at radius 1 is 0.691 bits per heavy atom. The minimum atomic E-state index is -2.41. The van der Waals surface area contributed by atoms with Gasteiger partial charge >= 0.3 is 36.1 Å². The third kappa shape index (κ3) is 14.9. The highest BCUT2D eigenvalue weighted by atomic mass is 16.4. The average Bonchev–Trinajstić information content (AvgIpc) is 3.25. The largest absolute Gasteiger partial charge is 0.479 e. The number of likely N-dealkylation sites (N-methyl/N-ethyl adjacent to an activating group) is 5. The summed E-state index contributed by atoms with van der Waals surface area (Å²) in [5.74, 6) is -10.4. The predicted octanol–water partition coefficient (Wildman–Crippen LogP) is -0.853. The normalized spacial score (nSPS) is 25.1. The van der Waals surface area contributed by atoms with Gasteiger partial charge in [0.05, 0.1) is 11.7 Å². The van der Waals surface area contributed by atoms with Crippen molar-refractivity contribution >= 4 is 71.6 Å². The van der Waals surface area contributed by atoms with Crippen LogP contribution in [0.4, 0.5) is 24.0 Å². The molecule has 0 aromatic rings. The number of carbonyl (C=O) groups excluding carboxylic acids is 11. The zero-order chi connectivity index (χ0) is 53.0. The molecule has 0 aromatic carbocycles. The van der Waals surface area contributed by atoms with E-state index >= 15 is 0 Å². The summed E-state index contributed by atoms with van der Waals surface area (Å²) in [6.45, 7) is 11.4. The second-order valence-electron chi connectivity index (χ2n) is 17.6. The van der Waals surface area contributed by atoms with Crippen molar-refractivity contribution in [2.24, 2.45) is 11.8 Å². The molecule has 68 heavy (non-hydrogen) atoms. The van der Waals surface area contributed by atoms with Crippen LogP contribution >= 0.6 is 0 Å². The van der Waals surface area contributed by atoms with Gasteiger partial charge in [0.1, 0.15) is 30.2 Å². The van der Waals surface area contributed by atoms with Gasteiger partial charge < -0.3 is 45.6 Å². The maximum Gasteiger partial charge on any atom is 0.336 e. The van der Waals surface area contributed by atoms with Crippen LogP contribution in [0.3, 0.4) is 0 Å².